The van der Waals surface area contributed by atoms with Crippen LogP contribution in [0.25, 0.3) is 10.8 Å². The first-order valence-electron chi connectivity index (χ1n) is 14.5. The molecule has 0 aliphatic carbocycles. The molecule has 0 saturated heterocycles. The minimum Gasteiger partial charge on any atom is -0.488 e. The van der Waals surface area contributed by atoms with Crippen molar-refractivity contribution in [2.75, 3.05) is 37.4 Å². The maximum atomic E-state index is 13.8. The van der Waals surface area contributed by atoms with Gasteiger partial charge in [-0.2, -0.15) is 0 Å². The maximum Gasteiger partial charge on any atom is 0.323 e. The van der Waals surface area contributed by atoms with Crippen LogP contribution in [0.2, 0.25) is 10.0 Å². The van der Waals surface area contributed by atoms with Crippen molar-refractivity contribution in [3.63, 3.8) is 0 Å². The van der Waals surface area contributed by atoms with Crippen molar-refractivity contribution in [2.45, 2.75) is 32.5 Å². The number of aliphatic hydroxyl groups excluding tert-OH is 1. The van der Waals surface area contributed by atoms with Crippen molar-refractivity contribution >= 4 is 57.3 Å². The van der Waals surface area contributed by atoms with E-state index in [0.717, 1.165) is 16.3 Å². The Bertz CT molecular complexity index is 1660. The quantitative estimate of drug-likeness (QED) is 0.191. The van der Waals surface area contributed by atoms with Gasteiger partial charge in [-0.05, 0) is 61.3 Å². The summed E-state index contributed by atoms with van der Waals surface area (Å²) in [4.78, 5) is 30.6. The number of hydrogen-bond acceptors (Lipinski definition) is 5. The van der Waals surface area contributed by atoms with Gasteiger partial charge >= 0.3 is 6.03 Å². The molecule has 0 aromatic heterocycles. The lowest BCUT2D eigenvalue weighted by Gasteiger charge is -2.38. The first-order chi connectivity index (χ1) is 21.1. The molecule has 1 aliphatic rings. The van der Waals surface area contributed by atoms with E-state index >= 15 is 0 Å². The van der Waals surface area contributed by atoms with Crippen molar-refractivity contribution < 1.29 is 19.4 Å². The van der Waals surface area contributed by atoms with Crippen LogP contribution in [0.15, 0.2) is 78.9 Å². The van der Waals surface area contributed by atoms with Crippen molar-refractivity contribution in [3.8, 4) is 5.75 Å². The number of carbonyl (C=O) groups is 2. The predicted molar refractivity (Wildman–Crippen MR) is 177 cm³/mol. The summed E-state index contributed by atoms with van der Waals surface area (Å²) in [5.74, 6) is 0.111. The fourth-order valence-corrected chi connectivity index (χ4v) is 5.78. The van der Waals surface area contributed by atoms with E-state index < -0.39 is 12.1 Å². The number of halogens is 2. The molecule has 0 fully saturated rings. The zero-order valence-corrected chi connectivity index (χ0v) is 26.4. The number of rotatable bonds is 8. The number of hydrogen-bond donors (Lipinski definition) is 3. The number of amides is 3. The van der Waals surface area contributed by atoms with Crippen molar-refractivity contribution in [1.82, 2.24) is 9.80 Å². The Kier molecular flexibility index (Phi) is 9.96. The van der Waals surface area contributed by atoms with Crippen LogP contribution < -0.4 is 15.4 Å². The number of carbonyl (C=O) groups excluding carboxylic acids is 2. The molecule has 0 unspecified atom stereocenters. The van der Waals surface area contributed by atoms with E-state index in [1.807, 2.05) is 75.5 Å². The molecule has 4 aromatic carbocycles. The van der Waals surface area contributed by atoms with E-state index in [0.29, 0.717) is 52.4 Å². The Balaban J connectivity index is 1.37. The number of fused-ring (bicyclic) bond motifs is 2. The number of nitrogens with one attached hydrogen (secondary N) is 2. The highest BCUT2D eigenvalue weighted by molar-refractivity contribution is 6.42. The molecule has 0 spiro atoms. The highest BCUT2D eigenvalue weighted by Crippen LogP contribution is 2.31. The van der Waals surface area contributed by atoms with Crippen LogP contribution in [0.5, 0.6) is 5.75 Å². The lowest BCUT2D eigenvalue weighted by molar-refractivity contribution is 0.0341. The number of anilines is 2. The van der Waals surface area contributed by atoms with Crippen LogP contribution in [0, 0.1) is 5.92 Å². The molecule has 1 heterocycles. The Morgan fingerprint density at radius 2 is 1.82 bits per heavy atom. The van der Waals surface area contributed by atoms with Crippen LogP contribution in [-0.4, -0.2) is 65.7 Å². The highest BCUT2D eigenvalue weighted by Gasteiger charge is 2.33. The molecule has 1 aliphatic heterocycles. The average Bonchev–Trinajstić information content (AvgIpc) is 3.01. The molecule has 0 saturated carbocycles. The van der Waals surface area contributed by atoms with Crippen molar-refractivity contribution in [2.24, 2.45) is 5.92 Å². The second-order valence-corrected chi connectivity index (χ2v) is 12.2. The van der Waals surface area contributed by atoms with Gasteiger partial charge in [0.25, 0.3) is 5.91 Å². The van der Waals surface area contributed by atoms with Crippen LogP contribution in [0.1, 0.15) is 29.8 Å². The molecular formula is C34H36Cl2N4O4. The van der Waals surface area contributed by atoms with Crippen LogP contribution in [0.4, 0.5) is 16.2 Å². The van der Waals surface area contributed by atoms with E-state index in [-0.39, 0.29) is 24.5 Å². The number of aliphatic hydroxyl groups is 1. The summed E-state index contributed by atoms with van der Waals surface area (Å²) in [5.41, 5.74) is 2.45. The van der Waals surface area contributed by atoms with Crippen LogP contribution >= 0.6 is 23.2 Å². The summed E-state index contributed by atoms with van der Waals surface area (Å²) < 4.78 is 6.51. The summed E-state index contributed by atoms with van der Waals surface area (Å²) in [7, 11) is 2.00. The van der Waals surface area contributed by atoms with Crippen LogP contribution in [0.3, 0.4) is 0 Å². The fourth-order valence-electron chi connectivity index (χ4n) is 5.46. The SMILES string of the molecule is C[C@@H]1CN([C@@H](C)CO)C(=O)c2cc(NC(=O)Nc3cccc4ccccc34)ccc2O[C@@H]1CN(C)Cc1ccc(Cl)c(Cl)c1. The predicted octanol–water partition coefficient (Wildman–Crippen LogP) is 7.14. The summed E-state index contributed by atoms with van der Waals surface area (Å²) in [6, 6.07) is 23.3. The summed E-state index contributed by atoms with van der Waals surface area (Å²) in [6.07, 6.45) is -0.267. The van der Waals surface area contributed by atoms with Gasteiger partial charge in [-0.25, -0.2) is 4.79 Å². The third kappa shape index (κ3) is 7.27. The first kappa shape index (κ1) is 31.6. The minimum atomic E-state index is -0.434. The van der Waals surface area contributed by atoms with E-state index in [4.69, 9.17) is 27.9 Å². The van der Waals surface area contributed by atoms with Gasteiger partial charge in [0, 0.05) is 36.6 Å². The topological polar surface area (TPSA) is 94.1 Å². The number of ether oxygens (including phenoxy) is 1. The van der Waals surface area contributed by atoms with Gasteiger partial charge in [0.1, 0.15) is 11.9 Å². The Morgan fingerprint density at radius 3 is 2.59 bits per heavy atom. The molecule has 3 atom stereocenters. The lowest BCUT2D eigenvalue weighted by atomic mass is 9.99. The molecule has 10 heteroatoms. The van der Waals surface area contributed by atoms with Gasteiger partial charge in [-0.1, -0.05) is 72.6 Å². The number of likely N-dealkylation sites (N-methyl/N-ethyl adjacent to an activating group) is 1. The highest BCUT2D eigenvalue weighted by atomic mass is 35.5. The molecule has 4 aromatic rings. The molecule has 230 valence electrons. The summed E-state index contributed by atoms with van der Waals surface area (Å²) in [6.45, 7) is 5.27. The third-order valence-electron chi connectivity index (χ3n) is 7.89. The Morgan fingerprint density at radius 1 is 1.05 bits per heavy atom. The maximum absolute atomic E-state index is 13.8. The molecule has 3 N–H and O–H groups in total. The second-order valence-electron chi connectivity index (χ2n) is 11.4. The Labute approximate surface area is 267 Å². The van der Waals surface area contributed by atoms with E-state index in [9.17, 15) is 14.7 Å². The molecular weight excluding hydrogens is 599 g/mol. The number of nitrogens with zero attached hydrogens (tertiary/aromatic N) is 2. The smallest absolute Gasteiger partial charge is 0.323 e. The average molecular weight is 636 g/mol. The molecule has 3 amide bonds. The normalized spacial score (nSPS) is 17.4. The van der Waals surface area contributed by atoms with E-state index in [1.165, 1.54) is 0 Å². The summed E-state index contributed by atoms with van der Waals surface area (Å²) >= 11 is 12.3. The van der Waals surface area contributed by atoms with Gasteiger partial charge in [0.15, 0.2) is 0 Å². The number of benzene rings is 4. The van der Waals surface area contributed by atoms with Gasteiger partial charge in [0.05, 0.1) is 33.9 Å². The largest absolute Gasteiger partial charge is 0.488 e. The van der Waals surface area contributed by atoms with E-state index in [1.54, 1.807) is 29.2 Å². The molecule has 0 radical (unpaired) electrons. The van der Waals surface area contributed by atoms with Crippen LogP contribution in [-0.2, 0) is 6.54 Å². The number of urea groups is 1. The van der Waals surface area contributed by atoms with E-state index in [2.05, 4.69) is 15.5 Å². The molecule has 5 rings (SSSR count). The fraction of sp³-hybridized carbons (Fsp3) is 0.294. The standard InChI is InChI=1S/C34H36Cl2N4O4/c1-21-17-40(22(2)20-41)33(42)27-16-25(37-34(43)38-30-10-6-8-24-7-4-5-9-26(24)30)12-14-31(27)44-32(21)19-39(3)18-23-11-13-28(35)29(36)15-23/h4-16,21-22,32,41H,17-20H2,1-3H3,(H2,37,38,43)/t21-,22+,32-/m1/s1. The van der Waals surface area contributed by atoms with Gasteiger partial charge in [0.2, 0.25) is 0 Å². The zero-order valence-electron chi connectivity index (χ0n) is 24.9. The minimum absolute atomic E-state index is 0.0402. The zero-order chi connectivity index (χ0) is 31.4. The molecule has 44 heavy (non-hydrogen) atoms. The van der Waals surface area contributed by atoms with Gasteiger partial charge in [-0.3, -0.25) is 9.69 Å². The van der Waals surface area contributed by atoms with Crippen molar-refractivity contribution in [3.05, 3.63) is 100 Å². The van der Waals surface area contributed by atoms with Gasteiger partial charge in [-0.15, -0.1) is 0 Å². The van der Waals surface area contributed by atoms with Gasteiger partial charge < -0.3 is 25.4 Å². The van der Waals surface area contributed by atoms with Crippen molar-refractivity contribution in [1.29, 1.82) is 0 Å². The second kappa shape index (κ2) is 13.9. The first-order valence-corrected chi connectivity index (χ1v) is 15.3. The monoisotopic (exact) mass is 634 g/mol. The molecule has 0 bridgehead atoms. The Hall–Kier alpha value is -3.82. The molecule has 8 nitrogen and oxygen atoms in total. The third-order valence-corrected chi connectivity index (χ3v) is 8.63. The lowest BCUT2D eigenvalue weighted by Crippen LogP contribution is -2.49. The summed E-state index contributed by atoms with van der Waals surface area (Å²) in [5, 5.41) is 18.7.